The lowest BCUT2D eigenvalue weighted by Crippen LogP contribution is -2.47. The molecular formula is C20H27N3O5. The molecule has 8 heteroatoms. The molecule has 28 heavy (non-hydrogen) atoms. The summed E-state index contributed by atoms with van der Waals surface area (Å²) < 4.78 is 0. The average molecular weight is 389 g/mol. The van der Waals surface area contributed by atoms with Gasteiger partial charge in [-0.05, 0) is 31.2 Å². The molecule has 0 bridgehead atoms. The molecule has 1 aromatic rings. The van der Waals surface area contributed by atoms with E-state index in [0.29, 0.717) is 19.3 Å². The van der Waals surface area contributed by atoms with Gasteiger partial charge in [-0.1, -0.05) is 44.2 Å². The first-order valence-electron chi connectivity index (χ1n) is 9.50. The quantitative estimate of drug-likeness (QED) is 0.527. The van der Waals surface area contributed by atoms with E-state index in [9.17, 15) is 19.2 Å². The molecule has 4 amide bonds. The normalized spacial score (nSPS) is 16.6. The molecule has 1 fully saturated rings. The monoisotopic (exact) mass is 389 g/mol. The van der Waals surface area contributed by atoms with Gasteiger partial charge in [0.2, 0.25) is 5.91 Å². The Balaban J connectivity index is 2.03. The Hall–Kier alpha value is -2.90. The van der Waals surface area contributed by atoms with Crippen molar-refractivity contribution in [3.63, 3.8) is 0 Å². The predicted molar refractivity (Wildman–Crippen MR) is 103 cm³/mol. The van der Waals surface area contributed by atoms with Crippen molar-refractivity contribution in [2.24, 2.45) is 0 Å². The third-order valence-corrected chi connectivity index (χ3v) is 5.15. The number of carboxylic acid groups (broad SMARTS) is 1. The minimum Gasteiger partial charge on any atom is -0.481 e. The van der Waals surface area contributed by atoms with Crippen molar-refractivity contribution in [1.82, 2.24) is 15.5 Å². The van der Waals surface area contributed by atoms with Crippen molar-refractivity contribution >= 4 is 23.8 Å². The fraction of sp³-hybridized carbons (Fsp3) is 0.500. The average Bonchev–Trinajstić information content (AvgIpc) is 2.91. The van der Waals surface area contributed by atoms with Gasteiger partial charge in [0.05, 0.1) is 0 Å². The van der Waals surface area contributed by atoms with Crippen LogP contribution in [0.15, 0.2) is 30.3 Å². The molecule has 1 heterocycles. The van der Waals surface area contributed by atoms with E-state index in [0.717, 1.165) is 10.5 Å². The minimum atomic E-state index is -0.954. The fourth-order valence-electron chi connectivity index (χ4n) is 3.39. The van der Waals surface area contributed by atoms with Crippen molar-refractivity contribution < 1.29 is 24.3 Å². The second-order valence-corrected chi connectivity index (χ2v) is 7.00. The van der Waals surface area contributed by atoms with Gasteiger partial charge in [-0.15, -0.1) is 0 Å². The van der Waals surface area contributed by atoms with E-state index in [-0.39, 0.29) is 19.4 Å². The topological polar surface area (TPSA) is 116 Å². The number of aliphatic carboxylic acids is 1. The summed E-state index contributed by atoms with van der Waals surface area (Å²) in [7, 11) is 0. The molecule has 1 unspecified atom stereocenters. The summed E-state index contributed by atoms with van der Waals surface area (Å²) in [6.07, 6.45) is 1.52. The van der Waals surface area contributed by atoms with Gasteiger partial charge in [0.1, 0.15) is 12.1 Å². The van der Waals surface area contributed by atoms with Crippen LogP contribution in [0, 0.1) is 0 Å². The molecule has 8 nitrogen and oxygen atoms in total. The maximum atomic E-state index is 12.6. The highest BCUT2D eigenvalue weighted by Crippen LogP contribution is 2.24. The van der Waals surface area contributed by atoms with Crippen molar-refractivity contribution in [1.29, 1.82) is 0 Å². The van der Waals surface area contributed by atoms with Crippen LogP contribution in [0.2, 0.25) is 0 Å². The molecular weight excluding hydrogens is 362 g/mol. The molecule has 0 spiro atoms. The minimum absolute atomic E-state index is 0.0876. The zero-order chi connectivity index (χ0) is 20.7. The predicted octanol–water partition coefficient (Wildman–Crippen LogP) is 1.69. The summed E-state index contributed by atoms with van der Waals surface area (Å²) in [5.41, 5.74) is 0.00793. The fourth-order valence-corrected chi connectivity index (χ4v) is 3.39. The molecule has 3 N–H and O–H groups in total. The van der Waals surface area contributed by atoms with Crippen LogP contribution in [0.25, 0.3) is 0 Å². The van der Waals surface area contributed by atoms with Gasteiger partial charge in [-0.25, -0.2) is 4.79 Å². The molecule has 0 radical (unpaired) electrons. The lowest BCUT2D eigenvalue weighted by molar-refractivity contribution is -0.137. The highest BCUT2D eigenvalue weighted by molar-refractivity contribution is 6.09. The van der Waals surface area contributed by atoms with Gasteiger partial charge < -0.3 is 15.7 Å². The van der Waals surface area contributed by atoms with Crippen LogP contribution in [0.4, 0.5) is 4.79 Å². The van der Waals surface area contributed by atoms with Gasteiger partial charge in [-0.2, -0.15) is 0 Å². The maximum Gasteiger partial charge on any atom is 0.325 e. The molecule has 1 aliphatic heterocycles. The van der Waals surface area contributed by atoms with E-state index in [1.807, 2.05) is 44.2 Å². The van der Waals surface area contributed by atoms with Gasteiger partial charge in [-0.3, -0.25) is 19.3 Å². The number of nitrogens with zero attached hydrogens (tertiary/aromatic N) is 1. The number of carboxylic acids is 1. The summed E-state index contributed by atoms with van der Waals surface area (Å²) in [5.74, 6) is -1.84. The van der Waals surface area contributed by atoms with Crippen LogP contribution in [0.5, 0.6) is 0 Å². The zero-order valence-corrected chi connectivity index (χ0v) is 16.2. The van der Waals surface area contributed by atoms with Crippen LogP contribution in [0.1, 0.15) is 45.1 Å². The molecule has 152 valence electrons. The number of nitrogens with one attached hydrogen (secondary N) is 2. The van der Waals surface area contributed by atoms with Crippen LogP contribution >= 0.6 is 0 Å². The number of urea groups is 1. The Labute approximate surface area is 164 Å². The van der Waals surface area contributed by atoms with Gasteiger partial charge in [0.15, 0.2) is 0 Å². The summed E-state index contributed by atoms with van der Waals surface area (Å²) in [4.78, 5) is 49.1. The van der Waals surface area contributed by atoms with Crippen LogP contribution < -0.4 is 10.6 Å². The number of rotatable bonds is 10. The van der Waals surface area contributed by atoms with E-state index >= 15 is 0 Å². The molecule has 1 saturated heterocycles. The molecule has 2 rings (SSSR count). The first kappa shape index (κ1) is 21.4. The van der Waals surface area contributed by atoms with Gasteiger partial charge in [0, 0.05) is 12.5 Å². The number of hydrogen-bond donors (Lipinski definition) is 3. The van der Waals surface area contributed by atoms with Crippen molar-refractivity contribution in [2.75, 3.05) is 6.54 Å². The van der Waals surface area contributed by atoms with Gasteiger partial charge >= 0.3 is 12.0 Å². The lowest BCUT2D eigenvalue weighted by atomic mass is 9.93. The summed E-state index contributed by atoms with van der Waals surface area (Å²) >= 11 is 0. The second-order valence-electron chi connectivity index (χ2n) is 7.00. The third-order valence-electron chi connectivity index (χ3n) is 5.15. The highest BCUT2D eigenvalue weighted by Gasteiger charge is 2.49. The third kappa shape index (κ3) is 5.09. The molecule has 0 aromatic heterocycles. The maximum absolute atomic E-state index is 12.6. The Kier molecular flexibility index (Phi) is 7.14. The van der Waals surface area contributed by atoms with Gasteiger partial charge in [0.25, 0.3) is 5.91 Å². The lowest BCUT2D eigenvalue weighted by Gasteiger charge is -2.23. The smallest absolute Gasteiger partial charge is 0.325 e. The number of carbonyl (C=O) groups excluding carboxylic acids is 3. The first-order valence-corrected chi connectivity index (χ1v) is 9.50. The van der Waals surface area contributed by atoms with E-state index < -0.39 is 35.4 Å². The highest BCUT2D eigenvalue weighted by atomic mass is 16.4. The number of benzene rings is 1. The van der Waals surface area contributed by atoms with Crippen LogP contribution in [-0.2, 0) is 20.8 Å². The first-order chi connectivity index (χ1) is 13.3. The Morgan fingerprint density at radius 3 is 2.36 bits per heavy atom. The molecule has 1 aliphatic rings. The van der Waals surface area contributed by atoms with E-state index in [4.69, 9.17) is 5.11 Å². The molecule has 1 aromatic carbocycles. The van der Waals surface area contributed by atoms with Crippen molar-refractivity contribution in [3.05, 3.63) is 35.9 Å². The largest absolute Gasteiger partial charge is 0.481 e. The Morgan fingerprint density at radius 2 is 1.82 bits per heavy atom. The van der Waals surface area contributed by atoms with Crippen LogP contribution in [-0.4, -0.2) is 51.9 Å². The van der Waals surface area contributed by atoms with Crippen molar-refractivity contribution in [3.8, 4) is 0 Å². The molecule has 0 saturated carbocycles. The SMILES string of the molecule is CCC1(CC)NC(=O)N(CC(=O)NC(CCC(=O)O)Cc2ccccc2)C1=O. The van der Waals surface area contributed by atoms with Crippen LogP contribution in [0.3, 0.4) is 0 Å². The zero-order valence-electron chi connectivity index (χ0n) is 16.2. The second kappa shape index (κ2) is 9.34. The number of hydrogen-bond acceptors (Lipinski definition) is 4. The van der Waals surface area contributed by atoms with E-state index in [1.165, 1.54) is 0 Å². The molecule has 1 atom stereocenters. The number of imide groups is 1. The van der Waals surface area contributed by atoms with E-state index in [1.54, 1.807) is 0 Å². The standard InChI is InChI=1S/C20H27N3O5/c1-3-20(4-2)18(27)23(19(28)22-20)13-16(24)21-15(10-11-17(25)26)12-14-8-6-5-7-9-14/h5-9,15H,3-4,10-13H2,1-2H3,(H,21,24)(H,22,28)(H,25,26). The Bertz CT molecular complexity index is 731. The summed E-state index contributed by atoms with van der Waals surface area (Å²) in [6.45, 7) is 3.24. The summed E-state index contributed by atoms with van der Waals surface area (Å²) in [5, 5.41) is 14.4. The van der Waals surface area contributed by atoms with Crippen molar-refractivity contribution in [2.45, 2.75) is 57.5 Å². The molecule has 0 aliphatic carbocycles. The number of amides is 4. The van der Waals surface area contributed by atoms with E-state index in [2.05, 4.69) is 10.6 Å². The number of carbonyl (C=O) groups is 4. The Morgan fingerprint density at radius 1 is 1.18 bits per heavy atom. The summed E-state index contributed by atoms with van der Waals surface area (Å²) in [6, 6.07) is 8.42.